The zero-order valence-electron chi connectivity index (χ0n) is 18.7. The highest BCUT2D eigenvalue weighted by molar-refractivity contribution is 7.95. The minimum absolute atomic E-state index is 0.118. The molecule has 0 saturated heterocycles. The summed E-state index contributed by atoms with van der Waals surface area (Å²) in [5.41, 5.74) is 2.94. The van der Waals surface area contributed by atoms with E-state index >= 15 is 0 Å². The van der Waals surface area contributed by atoms with Crippen molar-refractivity contribution in [1.29, 1.82) is 0 Å². The number of anilines is 1. The third-order valence-corrected chi connectivity index (χ3v) is 6.26. The lowest BCUT2D eigenvalue weighted by Crippen LogP contribution is -2.10. The van der Waals surface area contributed by atoms with E-state index in [0.29, 0.717) is 23.5 Å². The molecule has 0 atom stereocenters. The molecule has 0 aliphatic heterocycles. The van der Waals surface area contributed by atoms with Crippen LogP contribution in [0.4, 0.5) is 10.1 Å². The van der Waals surface area contributed by atoms with Crippen molar-refractivity contribution in [3.05, 3.63) is 101 Å². The van der Waals surface area contributed by atoms with Crippen molar-refractivity contribution in [2.45, 2.75) is 6.42 Å². The molecule has 0 unspecified atom stereocenters. The number of halogens is 1. The van der Waals surface area contributed by atoms with Crippen molar-refractivity contribution >= 4 is 32.7 Å². The lowest BCUT2D eigenvalue weighted by molar-refractivity contribution is 0.356. The molecule has 0 aliphatic rings. The molecule has 0 spiro atoms. The predicted octanol–water partition coefficient (Wildman–Crippen LogP) is 5.39. The van der Waals surface area contributed by atoms with Crippen LogP contribution in [0.5, 0.6) is 11.5 Å². The first-order valence-electron chi connectivity index (χ1n) is 10.4. The van der Waals surface area contributed by atoms with E-state index in [9.17, 15) is 12.8 Å². The van der Waals surface area contributed by atoms with Crippen LogP contribution in [0, 0.1) is 5.82 Å². The molecule has 1 N–H and O–H groups in total. The molecule has 3 aromatic carbocycles. The van der Waals surface area contributed by atoms with Gasteiger partial charge in [-0.25, -0.2) is 12.8 Å². The van der Waals surface area contributed by atoms with Gasteiger partial charge in [0.25, 0.3) is 10.0 Å². The molecule has 6 nitrogen and oxygen atoms in total. The number of benzene rings is 3. The van der Waals surface area contributed by atoms with Gasteiger partial charge in [0.15, 0.2) is 11.5 Å². The summed E-state index contributed by atoms with van der Waals surface area (Å²) in [4.78, 5) is 4.39. The Morgan fingerprint density at radius 1 is 0.971 bits per heavy atom. The van der Waals surface area contributed by atoms with Gasteiger partial charge < -0.3 is 9.47 Å². The summed E-state index contributed by atoms with van der Waals surface area (Å²) in [5, 5.41) is 1.87. The van der Waals surface area contributed by atoms with E-state index in [1.54, 1.807) is 56.8 Å². The molecule has 0 radical (unpaired) electrons. The Hall–Kier alpha value is -3.91. The predicted molar refractivity (Wildman–Crippen MR) is 132 cm³/mol. The summed E-state index contributed by atoms with van der Waals surface area (Å²) in [7, 11) is -0.756. The number of fused-ring (bicyclic) bond motifs is 1. The summed E-state index contributed by atoms with van der Waals surface area (Å²) in [6, 6.07) is 18.9. The quantitative estimate of drug-likeness (QED) is 0.367. The molecule has 1 heterocycles. The Morgan fingerprint density at radius 2 is 1.71 bits per heavy atom. The van der Waals surface area contributed by atoms with E-state index in [1.165, 1.54) is 18.2 Å². The van der Waals surface area contributed by atoms with Crippen LogP contribution in [0.3, 0.4) is 0 Å². The molecule has 174 valence electrons. The molecule has 0 fully saturated rings. The van der Waals surface area contributed by atoms with Gasteiger partial charge in [-0.15, -0.1) is 0 Å². The van der Waals surface area contributed by atoms with Gasteiger partial charge in [-0.3, -0.25) is 9.71 Å². The Morgan fingerprint density at radius 3 is 2.41 bits per heavy atom. The van der Waals surface area contributed by atoms with Gasteiger partial charge in [-0.05, 0) is 53.5 Å². The highest BCUT2D eigenvalue weighted by Crippen LogP contribution is 2.33. The maximum atomic E-state index is 14.8. The zero-order valence-corrected chi connectivity index (χ0v) is 19.5. The third-order valence-electron chi connectivity index (χ3n) is 5.26. The lowest BCUT2D eigenvalue weighted by atomic mass is 10.0. The highest BCUT2D eigenvalue weighted by atomic mass is 32.2. The van der Waals surface area contributed by atoms with E-state index in [2.05, 4.69) is 9.71 Å². The van der Waals surface area contributed by atoms with E-state index in [1.807, 2.05) is 18.2 Å². The first-order chi connectivity index (χ1) is 16.4. The van der Waals surface area contributed by atoms with Crippen LogP contribution in [0.15, 0.2) is 78.3 Å². The van der Waals surface area contributed by atoms with Crippen molar-refractivity contribution in [3.8, 4) is 11.5 Å². The SMILES string of the molecule is COc1cc2nccc(Cc3ccc(NS(=O)(=O)/C=C/c4ccccc4)c(F)c3)c2cc1OC. The molecule has 4 rings (SSSR count). The number of nitrogens with zero attached hydrogens (tertiary/aromatic N) is 1. The second-order valence-electron chi connectivity index (χ2n) is 7.55. The number of pyridine rings is 1. The molecule has 8 heteroatoms. The molecule has 34 heavy (non-hydrogen) atoms. The van der Waals surface area contributed by atoms with Gasteiger partial charge in [-0.2, -0.15) is 0 Å². The summed E-state index contributed by atoms with van der Waals surface area (Å²) < 4.78 is 52.5. The van der Waals surface area contributed by atoms with Crippen LogP contribution >= 0.6 is 0 Å². The number of hydrogen-bond acceptors (Lipinski definition) is 5. The van der Waals surface area contributed by atoms with Crippen molar-refractivity contribution in [1.82, 2.24) is 4.98 Å². The lowest BCUT2D eigenvalue weighted by Gasteiger charge is -2.12. The fourth-order valence-corrected chi connectivity index (χ4v) is 4.45. The molecule has 4 aromatic rings. The Bertz CT molecular complexity index is 1450. The minimum atomic E-state index is -3.87. The van der Waals surface area contributed by atoms with E-state index < -0.39 is 15.8 Å². The van der Waals surface area contributed by atoms with Crippen molar-refractivity contribution in [2.75, 3.05) is 18.9 Å². The van der Waals surface area contributed by atoms with Crippen molar-refractivity contribution in [2.24, 2.45) is 0 Å². The average Bonchev–Trinajstić information content (AvgIpc) is 2.84. The monoisotopic (exact) mass is 478 g/mol. The number of nitrogens with one attached hydrogen (secondary N) is 1. The van der Waals surface area contributed by atoms with Gasteiger partial charge in [-0.1, -0.05) is 36.4 Å². The number of hydrogen-bond donors (Lipinski definition) is 1. The van der Waals surface area contributed by atoms with Crippen molar-refractivity contribution in [3.63, 3.8) is 0 Å². The summed E-state index contributed by atoms with van der Waals surface area (Å²) in [5.74, 6) is 0.485. The van der Waals surface area contributed by atoms with Crippen LogP contribution in [0.1, 0.15) is 16.7 Å². The summed E-state index contributed by atoms with van der Waals surface area (Å²) >= 11 is 0. The van der Waals surface area contributed by atoms with E-state index in [-0.39, 0.29) is 5.69 Å². The first-order valence-corrected chi connectivity index (χ1v) is 12.0. The van der Waals surface area contributed by atoms with Crippen LogP contribution in [-0.2, 0) is 16.4 Å². The minimum Gasteiger partial charge on any atom is -0.493 e. The zero-order chi connectivity index (χ0) is 24.1. The standard InChI is InChI=1S/C26H23FN2O4S/c1-32-25-16-21-20(10-12-28-24(21)17-26(25)33-2)14-19-8-9-23(22(27)15-19)29-34(30,31)13-11-18-6-4-3-5-7-18/h3-13,15-17,29H,14H2,1-2H3/b13-11+. The Labute approximate surface area is 197 Å². The Kier molecular flexibility index (Phi) is 6.79. The molecule has 0 amide bonds. The highest BCUT2D eigenvalue weighted by Gasteiger charge is 2.13. The normalized spacial score (nSPS) is 11.6. The maximum Gasteiger partial charge on any atom is 0.255 e. The van der Waals surface area contributed by atoms with E-state index in [0.717, 1.165) is 27.4 Å². The first kappa shape index (κ1) is 23.3. The van der Waals surface area contributed by atoms with Gasteiger partial charge in [0.1, 0.15) is 5.82 Å². The third kappa shape index (κ3) is 5.35. The molecule has 0 bridgehead atoms. The van der Waals surface area contributed by atoms with Crippen LogP contribution in [0.25, 0.3) is 17.0 Å². The van der Waals surface area contributed by atoms with Gasteiger partial charge >= 0.3 is 0 Å². The van der Waals surface area contributed by atoms with Gasteiger partial charge in [0, 0.05) is 17.6 Å². The average molecular weight is 479 g/mol. The molecule has 0 aliphatic carbocycles. The second kappa shape index (κ2) is 9.93. The van der Waals surface area contributed by atoms with Crippen LogP contribution in [-0.4, -0.2) is 27.6 Å². The molecule has 0 saturated carbocycles. The topological polar surface area (TPSA) is 77.5 Å². The summed E-state index contributed by atoms with van der Waals surface area (Å²) in [6.45, 7) is 0. The van der Waals surface area contributed by atoms with Gasteiger partial charge in [0.05, 0.1) is 30.8 Å². The fraction of sp³-hybridized carbons (Fsp3) is 0.115. The second-order valence-corrected chi connectivity index (χ2v) is 9.11. The van der Waals surface area contributed by atoms with E-state index in [4.69, 9.17) is 9.47 Å². The van der Waals surface area contributed by atoms with Crippen LogP contribution < -0.4 is 14.2 Å². The largest absolute Gasteiger partial charge is 0.493 e. The number of aromatic nitrogens is 1. The summed E-state index contributed by atoms with van der Waals surface area (Å²) in [6.07, 6.45) is 3.56. The molecule has 1 aromatic heterocycles. The van der Waals surface area contributed by atoms with Crippen LogP contribution in [0.2, 0.25) is 0 Å². The number of ether oxygens (including phenoxy) is 2. The molecular weight excluding hydrogens is 455 g/mol. The Balaban J connectivity index is 1.56. The number of sulfonamides is 1. The maximum absolute atomic E-state index is 14.8. The van der Waals surface area contributed by atoms with Gasteiger partial charge in [0.2, 0.25) is 0 Å². The number of rotatable bonds is 8. The number of methoxy groups -OCH3 is 2. The smallest absolute Gasteiger partial charge is 0.255 e. The molecular formula is C26H23FN2O4S. The fourth-order valence-electron chi connectivity index (χ4n) is 3.57. The van der Waals surface area contributed by atoms with Crippen molar-refractivity contribution < 1.29 is 22.3 Å².